The Hall–Kier alpha value is -1.98. The molecule has 0 spiro atoms. The molecule has 0 saturated carbocycles. The maximum atomic E-state index is 12.9. The maximum absolute atomic E-state index is 12.9. The standard InChI is InChI=1S/C21H12O3S.Na/c22-20-15-3-1-2-4-18(15)25-19-9-13-8-12-7-11(21(23)24)5-6-14(12)16(13)10-17(19)20;/h1-7,9-10H,8H2,(H,23,24);/q;+1/p-1. The van der Waals surface area contributed by atoms with Gasteiger partial charge in [-0.1, -0.05) is 24.3 Å². The summed E-state index contributed by atoms with van der Waals surface area (Å²) in [5.41, 5.74) is 4.35. The summed E-state index contributed by atoms with van der Waals surface area (Å²) < 4.78 is 1.95. The zero-order chi connectivity index (χ0) is 17.1. The number of fused-ring (bicyclic) bond motifs is 5. The van der Waals surface area contributed by atoms with Gasteiger partial charge in [-0.2, -0.15) is 0 Å². The Morgan fingerprint density at radius 3 is 2.46 bits per heavy atom. The van der Waals surface area contributed by atoms with E-state index in [1.54, 1.807) is 23.5 Å². The normalized spacial score (nSPS) is 11.8. The molecule has 1 aromatic heterocycles. The molecule has 0 N–H and O–H groups in total. The van der Waals surface area contributed by atoms with Gasteiger partial charge in [-0.3, -0.25) is 4.79 Å². The number of carbonyl (C=O) groups excluding carboxylic acids is 1. The van der Waals surface area contributed by atoms with Gasteiger partial charge in [-0.15, -0.1) is 11.3 Å². The molecule has 1 aliphatic rings. The van der Waals surface area contributed by atoms with Crippen LogP contribution in [0.25, 0.3) is 31.3 Å². The predicted molar refractivity (Wildman–Crippen MR) is 98.2 cm³/mol. The van der Waals surface area contributed by atoms with E-state index in [4.69, 9.17) is 0 Å². The van der Waals surface area contributed by atoms with Crippen molar-refractivity contribution in [3.8, 4) is 11.1 Å². The van der Waals surface area contributed by atoms with Crippen molar-refractivity contribution in [1.29, 1.82) is 0 Å². The number of hydrogen-bond donors (Lipinski definition) is 0. The number of carboxylic acid groups (broad SMARTS) is 1. The molecule has 0 bridgehead atoms. The Bertz CT molecular complexity index is 1270. The summed E-state index contributed by atoms with van der Waals surface area (Å²) in [5.74, 6) is -1.17. The van der Waals surface area contributed by atoms with Crippen LogP contribution in [-0.4, -0.2) is 5.97 Å². The fourth-order valence-electron chi connectivity index (χ4n) is 3.62. The van der Waals surface area contributed by atoms with Crippen LogP contribution in [0.2, 0.25) is 0 Å². The van der Waals surface area contributed by atoms with E-state index >= 15 is 0 Å². The van der Waals surface area contributed by atoms with Crippen molar-refractivity contribution >= 4 is 37.5 Å². The number of aromatic carboxylic acids is 1. The summed E-state index contributed by atoms with van der Waals surface area (Å²) in [6.45, 7) is 0. The molecule has 0 saturated heterocycles. The molecule has 0 aliphatic heterocycles. The molecule has 1 heterocycles. The van der Waals surface area contributed by atoms with E-state index < -0.39 is 5.97 Å². The summed E-state index contributed by atoms with van der Waals surface area (Å²) in [4.78, 5) is 24.0. The Balaban J connectivity index is 0.00000168. The number of carboxylic acids is 1. The van der Waals surface area contributed by atoms with Crippen LogP contribution in [0.5, 0.6) is 0 Å². The van der Waals surface area contributed by atoms with Crippen molar-refractivity contribution < 1.29 is 39.5 Å². The molecule has 0 amide bonds. The Morgan fingerprint density at radius 1 is 0.885 bits per heavy atom. The van der Waals surface area contributed by atoms with Crippen LogP contribution in [0.3, 0.4) is 0 Å². The maximum Gasteiger partial charge on any atom is 1.00 e. The first-order chi connectivity index (χ1) is 12.1. The number of carbonyl (C=O) groups is 1. The average Bonchev–Trinajstić information content (AvgIpc) is 2.97. The number of benzene rings is 3. The van der Waals surface area contributed by atoms with Gasteiger partial charge < -0.3 is 9.90 Å². The number of hydrogen-bond acceptors (Lipinski definition) is 4. The average molecular weight is 366 g/mol. The van der Waals surface area contributed by atoms with Crippen LogP contribution >= 0.6 is 11.3 Å². The molecule has 1 aliphatic carbocycles. The van der Waals surface area contributed by atoms with Crippen LogP contribution in [0, 0.1) is 0 Å². The molecule has 0 unspecified atom stereocenters. The van der Waals surface area contributed by atoms with Crippen LogP contribution in [0.1, 0.15) is 21.5 Å². The van der Waals surface area contributed by atoms with Gasteiger partial charge in [0.15, 0.2) is 5.43 Å². The summed E-state index contributed by atoms with van der Waals surface area (Å²) in [5, 5.41) is 12.6. The van der Waals surface area contributed by atoms with E-state index in [1.165, 1.54) is 0 Å². The van der Waals surface area contributed by atoms with Crippen molar-refractivity contribution in [1.82, 2.24) is 0 Å². The van der Waals surface area contributed by atoms with E-state index in [1.807, 2.05) is 36.4 Å². The smallest absolute Gasteiger partial charge is 0.545 e. The molecule has 120 valence electrons. The Kier molecular flexibility index (Phi) is 4.24. The van der Waals surface area contributed by atoms with E-state index in [0.29, 0.717) is 6.42 Å². The zero-order valence-corrected chi connectivity index (χ0v) is 16.9. The molecule has 0 fully saturated rings. The minimum Gasteiger partial charge on any atom is -0.545 e. The molecule has 4 aromatic rings. The van der Waals surface area contributed by atoms with Crippen molar-refractivity contribution in [2.45, 2.75) is 6.42 Å². The second-order valence-electron chi connectivity index (χ2n) is 6.27. The SMILES string of the molecule is O=C([O-])c1ccc2c(c1)Cc1cc3sc4ccccc4c(=O)c3cc1-2.[Na+]. The molecule has 26 heavy (non-hydrogen) atoms. The van der Waals surface area contributed by atoms with Crippen LogP contribution in [0.15, 0.2) is 59.4 Å². The van der Waals surface area contributed by atoms with Crippen LogP contribution in [0.4, 0.5) is 0 Å². The molecule has 3 aromatic carbocycles. The van der Waals surface area contributed by atoms with Gasteiger partial charge >= 0.3 is 29.6 Å². The minimum absolute atomic E-state index is 0. The summed E-state index contributed by atoms with van der Waals surface area (Å²) in [6, 6.07) is 16.7. The molecular formula is C21H11NaO3S. The largest absolute Gasteiger partial charge is 1.00 e. The van der Waals surface area contributed by atoms with Gasteiger partial charge in [0.25, 0.3) is 0 Å². The third-order valence-corrected chi connectivity index (χ3v) is 5.95. The molecule has 5 heteroatoms. The van der Waals surface area contributed by atoms with Crippen molar-refractivity contribution in [3.05, 3.63) is 81.5 Å². The van der Waals surface area contributed by atoms with Crippen molar-refractivity contribution in [2.75, 3.05) is 0 Å². The van der Waals surface area contributed by atoms with Crippen LogP contribution in [-0.2, 0) is 6.42 Å². The second-order valence-corrected chi connectivity index (χ2v) is 7.35. The van der Waals surface area contributed by atoms with Crippen LogP contribution < -0.4 is 40.1 Å². The monoisotopic (exact) mass is 366 g/mol. The van der Waals surface area contributed by atoms with Gasteiger partial charge in [0, 0.05) is 20.2 Å². The predicted octanol–water partition coefficient (Wildman–Crippen LogP) is 0.353. The molecule has 0 atom stereocenters. The van der Waals surface area contributed by atoms with E-state index in [-0.39, 0.29) is 40.5 Å². The Labute approximate surface area is 175 Å². The first-order valence-corrected chi connectivity index (χ1v) is 8.76. The van der Waals surface area contributed by atoms with Gasteiger partial charge in [-0.25, -0.2) is 0 Å². The molecular weight excluding hydrogens is 355 g/mol. The van der Waals surface area contributed by atoms with Gasteiger partial charge in [0.1, 0.15) is 0 Å². The Morgan fingerprint density at radius 2 is 1.65 bits per heavy atom. The second kappa shape index (κ2) is 6.32. The zero-order valence-electron chi connectivity index (χ0n) is 14.0. The van der Waals surface area contributed by atoms with E-state index in [2.05, 4.69) is 6.07 Å². The fourth-order valence-corrected chi connectivity index (χ4v) is 4.74. The van der Waals surface area contributed by atoms with Gasteiger partial charge in [0.2, 0.25) is 0 Å². The van der Waals surface area contributed by atoms with Crippen molar-refractivity contribution in [3.63, 3.8) is 0 Å². The first-order valence-electron chi connectivity index (χ1n) is 7.95. The molecule has 3 nitrogen and oxygen atoms in total. The third-order valence-electron chi connectivity index (χ3n) is 4.81. The molecule has 0 radical (unpaired) electrons. The summed E-state index contributed by atoms with van der Waals surface area (Å²) in [6.07, 6.45) is 0.676. The molecule has 5 rings (SSSR count). The third kappa shape index (κ3) is 2.53. The minimum atomic E-state index is -1.17. The first kappa shape index (κ1) is 17.4. The van der Waals surface area contributed by atoms with Crippen molar-refractivity contribution in [2.24, 2.45) is 0 Å². The fraction of sp³-hybridized carbons (Fsp3) is 0.0476. The van der Waals surface area contributed by atoms with Gasteiger partial charge in [-0.05, 0) is 64.6 Å². The quantitative estimate of drug-likeness (QED) is 0.318. The number of rotatable bonds is 1. The summed E-state index contributed by atoms with van der Waals surface area (Å²) >= 11 is 1.61. The summed E-state index contributed by atoms with van der Waals surface area (Å²) in [7, 11) is 0. The van der Waals surface area contributed by atoms with Gasteiger partial charge in [0.05, 0.1) is 5.97 Å². The van der Waals surface area contributed by atoms with E-state index in [0.717, 1.165) is 42.4 Å². The topological polar surface area (TPSA) is 57.2 Å². The van der Waals surface area contributed by atoms with E-state index in [9.17, 15) is 14.7 Å².